The van der Waals surface area contributed by atoms with E-state index in [1.54, 1.807) is 95.7 Å². The normalized spacial score (nSPS) is 11.3. The molecule has 0 aliphatic heterocycles. The van der Waals surface area contributed by atoms with Gasteiger partial charge in [0.25, 0.3) is 5.91 Å². The van der Waals surface area contributed by atoms with E-state index >= 15 is 0 Å². The van der Waals surface area contributed by atoms with E-state index in [1.165, 1.54) is 0 Å². The molecule has 2 amide bonds. The molecule has 0 fully saturated rings. The average Bonchev–Trinajstić information content (AvgIpc) is 2.85. The molecule has 8 heteroatoms. The van der Waals surface area contributed by atoms with Gasteiger partial charge in [0.1, 0.15) is 5.49 Å². The van der Waals surface area contributed by atoms with Crippen molar-refractivity contribution in [2.24, 2.45) is 0 Å². The van der Waals surface area contributed by atoms with E-state index in [4.69, 9.17) is 21.7 Å². The third-order valence-electron chi connectivity index (χ3n) is 4.93. The number of hydrogen-bond donors (Lipinski definition) is 3. The third kappa shape index (κ3) is 5.70. The lowest BCUT2D eigenvalue weighted by Gasteiger charge is -2.18. The maximum Gasteiger partial charge on any atom is 0.412 e. The van der Waals surface area contributed by atoms with Crippen LogP contribution in [0.4, 0.5) is 16.2 Å². The number of ether oxygens (including phenoxy) is 1. The van der Waals surface area contributed by atoms with Crippen molar-refractivity contribution in [2.75, 3.05) is 10.6 Å². The van der Waals surface area contributed by atoms with E-state index in [9.17, 15) is 9.59 Å². The molecule has 0 spiro atoms. The molecule has 0 saturated carbocycles. The number of aromatic nitrogens is 1. The highest BCUT2D eigenvalue weighted by Gasteiger charge is 2.25. The van der Waals surface area contributed by atoms with Gasteiger partial charge in [0, 0.05) is 33.8 Å². The molecule has 3 N–H and O–H groups in total. The second-order valence-electron chi connectivity index (χ2n) is 7.32. The summed E-state index contributed by atoms with van der Waals surface area (Å²) in [6, 6.07) is 27.7. The van der Waals surface area contributed by atoms with E-state index in [2.05, 4.69) is 10.6 Å². The largest absolute Gasteiger partial charge is 0.431 e. The van der Waals surface area contributed by atoms with Gasteiger partial charge >= 0.3 is 6.09 Å². The zero-order valence-electron chi connectivity index (χ0n) is 17.9. The summed E-state index contributed by atoms with van der Waals surface area (Å²) >= 11 is 5.88. The van der Waals surface area contributed by atoms with Crippen LogP contribution in [-0.4, -0.2) is 16.6 Å². The van der Waals surface area contributed by atoms with Crippen LogP contribution in [0.25, 0.3) is 5.69 Å². The van der Waals surface area contributed by atoms with Crippen LogP contribution in [-0.2, 0) is 9.53 Å². The maximum atomic E-state index is 13.1. The van der Waals surface area contributed by atoms with E-state index in [0.717, 1.165) is 5.69 Å². The van der Waals surface area contributed by atoms with Gasteiger partial charge in [0.2, 0.25) is 6.10 Å². The maximum absolute atomic E-state index is 13.1. The molecule has 0 aliphatic carbocycles. The van der Waals surface area contributed by atoms with Crippen LogP contribution in [0.15, 0.2) is 103 Å². The van der Waals surface area contributed by atoms with E-state index in [1.807, 2.05) is 12.1 Å². The Kier molecular flexibility index (Phi) is 7.05. The fraction of sp³-hybridized carbons (Fsp3) is 0.0385. The number of pyridine rings is 1. The van der Waals surface area contributed by atoms with Crippen molar-refractivity contribution >= 4 is 35.0 Å². The molecule has 0 radical (unpaired) electrons. The fourth-order valence-electron chi connectivity index (χ4n) is 3.27. The van der Waals surface area contributed by atoms with E-state index in [-0.39, 0.29) is 0 Å². The predicted molar refractivity (Wildman–Crippen MR) is 131 cm³/mol. The van der Waals surface area contributed by atoms with Crippen molar-refractivity contribution in [3.8, 4) is 5.69 Å². The molecule has 1 heterocycles. The highest BCUT2D eigenvalue weighted by molar-refractivity contribution is 6.30. The van der Waals surface area contributed by atoms with Gasteiger partial charge in [-0.2, -0.15) is 0 Å². The summed E-state index contributed by atoms with van der Waals surface area (Å²) in [4.78, 5) is 25.6. The first kappa shape index (κ1) is 22.8. The Morgan fingerprint density at radius 2 is 1.41 bits per heavy atom. The minimum absolute atomic E-state index is 0.337. The Labute approximate surface area is 201 Å². The Hall–Kier alpha value is -4.36. The number of nitrogens with zero attached hydrogens (tertiary/aromatic N) is 1. The first-order valence-electron chi connectivity index (χ1n) is 10.4. The van der Waals surface area contributed by atoms with Crippen LogP contribution in [0.5, 0.6) is 0 Å². The summed E-state index contributed by atoms with van der Waals surface area (Å²) in [6.07, 6.45) is -0.157. The van der Waals surface area contributed by atoms with Crippen molar-refractivity contribution in [1.29, 1.82) is 5.41 Å². The fourth-order valence-corrected chi connectivity index (χ4v) is 3.40. The number of hydrogen-bond acceptors (Lipinski definition) is 4. The number of anilines is 2. The van der Waals surface area contributed by atoms with Crippen LogP contribution in [0.1, 0.15) is 11.7 Å². The summed E-state index contributed by atoms with van der Waals surface area (Å²) in [5, 5.41) is 13.9. The summed E-state index contributed by atoms with van der Waals surface area (Å²) in [5.74, 6) is -0.501. The van der Waals surface area contributed by atoms with Gasteiger partial charge in [-0.15, -0.1) is 0 Å². The average molecular weight is 473 g/mol. The minimum atomic E-state index is -1.17. The molecule has 170 valence electrons. The first-order valence-corrected chi connectivity index (χ1v) is 10.8. The van der Waals surface area contributed by atoms with Crippen LogP contribution < -0.4 is 16.1 Å². The molecule has 1 unspecified atom stereocenters. The van der Waals surface area contributed by atoms with Crippen molar-refractivity contribution in [2.45, 2.75) is 6.10 Å². The lowest BCUT2D eigenvalue weighted by molar-refractivity contribution is -0.124. The minimum Gasteiger partial charge on any atom is -0.431 e. The summed E-state index contributed by atoms with van der Waals surface area (Å²) in [5.41, 5.74) is 2.66. The summed E-state index contributed by atoms with van der Waals surface area (Å²) in [7, 11) is 0. The number of amides is 2. The molecule has 0 saturated heterocycles. The van der Waals surface area contributed by atoms with Gasteiger partial charge in [-0.25, -0.2) is 4.79 Å². The number of nitrogens with one attached hydrogen (secondary N) is 3. The number of carbonyl (C=O) groups excluding carboxylic acids is 2. The van der Waals surface area contributed by atoms with Gasteiger partial charge in [-0.05, 0) is 60.7 Å². The molecule has 0 bridgehead atoms. The van der Waals surface area contributed by atoms with Crippen molar-refractivity contribution < 1.29 is 14.3 Å². The lowest BCUT2D eigenvalue weighted by atomic mass is 10.1. The predicted octanol–water partition coefficient (Wildman–Crippen LogP) is 5.54. The molecular weight excluding hydrogens is 452 g/mol. The highest BCUT2D eigenvalue weighted by atomic mass is 35.5. The van der Waals surface area contributed by atoms with Crippen LogP contribution in [0, 0.1) is 5.41 Å². The van der Waals surface area contributed by atoms with Crippen LogP contribution in [0.2, 0.25) is 5.02 Å². The molecule has 4 aromatic rings. The standard InChI is InChI=1S/C26H21ClN4O3/c27-19-9-11-21(12-10-19)30-26(33)34-24(18-6-2-1-3-7-18)25(32)29-20-13-15-22(16-14-20)31-17-5-4-8-23(31)28/h1-17,24,28H,(H,29,32)(H,30,33). The third-order valence-corrected chi connectivity index (χ3v) is 5.18. The van der Waals surface area contributed by atoms with Gasteiger partial charge in [-0.3, -0.25) is 15.5 Å². The Bertz CT molecular complexity index is 1340. The Balaban J connectivity index is 1.49. The SMILES string of the molecule is N=c1ccccn1-c1ccc(NC(=O)C(OC(=O)Nc2ccc(Cl)cc2)c2ccccc2)cc1. The van der Waals surface area contributed by atoms with Crippen molar-refractivity contribution in [1.82, 2.24) is 4.57 Å². The molecule has 4 rings (SSSR count). The number of halogens is 1. The van der Waals surface area contributed by atoms with Gasteiger partial charge in [-0.1, -0.05) is 48.0 Å². The highest BCUT2D eigenvalue weighted by Crippen LogP contribution is 2.22. The number of carbonyl (C=O) groups is 2. The van der Waals surface area contributed by atoms with E-state index in [0.29, 0.717) is 27.4 Å². The van der Waals surface area contributed by atoms with Gasteiger partial charge in [0.05, 0.1) is 0 Å². The summed E-state index contributed by atoms with van der Waals surface area (Å²) < 4.78 is 7.20. The monoisotopic (exact) mass is 472 g/mol. The summed E-state index contributed by atoms with van der Waals surface area (Å²) in [6.45, 7) is 0. The van der Waals surface area contributed by atoms with Crippen molar-refractivity contribution in [3.05, 3.63) is 119 Å². The zero-order valence-corrected chi connectivity index (χ0v) is 18.7. The second kappa shape index (κ2) is 10.5. The quantitative estimate of drug-likeness (QED) is 0.344. The number of rotatable bonds is 6. The molecular formula is C26H21ClN4O3. The Morgan fingerprint density at radius 1 is 0.794 bits per heavy atom. The van der Waals surface area contributed by atoms with Gasteiger partial charge in [0.15, 0.2) is 0 Å². The molecule has 3 aromatic carbocycles. The van der Waals surface area contributed by atoms with Crippen LogP contribution >= 0.6 is 11.6 Å². The molecule has 7 nitrogen and oxygen atoms in total. The topological polar surface area (TPSA) is 96.2 Å². The lowest BCUT2D eigenvalue weighted by Crippen LogP contribution is -2.27. The van der Waals surface area contributed by atoms with Crippen LogP contribution in [0.3, 0.4) is 0 Å². The first-order chi connectivity index (χ1) is 16.5. The molecule has 1 aromatic heterocycles. The molecule has 1 atom stereocenters. The molecule has 0 aliphatic rings. The van der Waals surface area contributed by atoms with E-state index < -0.39 is 18.1 Å². The smallest absolute Gasteiger partial charge is 0.412 e. The molecule has 34 heavy (non-hydrogen) atoms. The Morgan fingerprint density at radius 3 is 2.09 bits per heavy atom. The van der Waals surface area contributed by atoms with Gasteiger partial charge < -0.3 is 14.6 Å². The van der Waals surface area contributed by atoms with Crippen molar-refractivity contribution in [3.63, 3.8) is 0 Å². The second-order valence-corrected chi connectivity index (χ2v) is 7.76. The zero-order chi connectivity index (χ0) is 23.9. The number of benzene rings is 3.